The summed E-state index contributed by atoms with van der Waals surface area (Å²) in [5.74, 6) is 2.16. The summed E-state index contributed by atoms with van der Waals surface area (Å²) in [5, 5.41) is 9.95. The van der Waals surface area contributed by atoms with Crippen molar-refractivity contribution in [3.05, 3.63) is 59.7 Å². The second-order valence-electron chi connectivity index (χ2n) is 5.01. The van der Waals surface area contributed by atoms with E-state index in [0.717, 1.165) is 5.75 Å². The predicted octanol–water partition coefficient (Wildman–Crippen LogP) is 3.25. The summed E-state index contributed by atoms with van der Waals surface area (Å²) in [6.45, 7) is 2.34. The number of nitrogen functional groups attached to an aromatic ring is 1. The summed E-state index contributed by atoms with van der Waals surface area (Å²) in [6, 6.07) is 15.7. The third kappa shape index (κ3) is 5.33. The Morgan fingerprint density at radius 3 is 2.76 bits per heavy atom. The number of ether oxygens (including phenoxy) is 1. The fourth-order valence-electron chi connectivity index (χ4n) is 1.96. The molecule has 0 aromatic heterocycles. The van der Waals surface area contributed by atoms with Gasteiger partial charge in [-0.3, -0.25) is 0 Å². The maximum Gasteiger partial charge on any atom is 0.142 e. The highest BCUT2D eigenvalue weighted by atomic mass is 32.2. The average molecular weight is 303 g/mol. The number of thioether (sulfide) groups is 1. The summed E-state index contributed by atoms with van der Waals surface area (Å²) in [7, 11) is 0. The van der Waals surface area contributed by atoms with E-state index in [4.69, 9.17) is 10.5 Å². The van der Waals surface area contributed by atoms with E-state index in [1.807, 2.05) is 18.2 Å². The van der Waals surface area contributed by atoms with Crippen molar-refractivity contribution >= 4 is 17.4 Å². The van der Waals surface area contributed by atoms with Gasteiger partial charge in [0.1, 0.15) is 12.4 Å². The van der Waals surface area contributed by atoms with Gasteiger partial charge in [-0.05, 0) is 24.6 Å². The first kappa shape index (κ1) is 15.7. The second kappa shape index (κ2) is 7.96. The number of para-hydroxylation sites is 2. The lowest BCUT2D eigenvalue weighted by Gasteiger charge is -2.13. The van der Waals surface area contributed by atoms with Gasteiger partial charge in [-0.1, -0.05) is 42.0 Å². The van der Waals surface area contributed by atoms with Crippen LogP contribution in [0.15, 0.2) is 48.5 Å². The fourth-order valence-corrected chi connectivity index (χ4v) is 2.86. The standard InChI is InChI=1S/C17H21NO2S/c1-13-5-4-6-14(9-13)11-21-12-15(19)10-20-17-8-3-2-7-16(17)18/h2-9,15,19H,10-12,18H2,1H3. The number of hydrogen-bond donors (Lipinski definition) is 2. The Morgan fingerprint density at radius 2 is 2.00 bits per heavy atom. The summed E-state index contributed by atoms with van der Waals surface area (Å²) in [5.41, 5.74) is 8.92. The molecule has 112 valence electrons. The number of aliphatic hydroxyl groups excluding tert-OH is 1. The Labute approximate surface area is 130 Å². The normalized spacial score (nSPS) is 12.1. The number of aliphatic hydroxyl groups is 1. The molecular formula is C17H21NO2S. The number of nitrogens with two attached hydrogens (primary N) is 1. The summed E-state index contributed by atoms with van der Waals surface area (Å²) in [6.07, 6.45) is -0.501. The lowest BCUT2D eigenvalue weighted by atomic mass is 10.2. The van der Waals surface area contributed by atoms with Gasteiger partial charge in [0.05, 0.1) is 11.8 Å². The fraction of sp³-hybridized carbons (Fsp3) is 0.294. The van der Waals surface area contributed by atoms with Crippen LogP contribution in [0.2, 0.25) is 0 Å². The Kier molecular flexibility index (Phi) is 5.96. The van der Waals surface area contributed by atoms with E-state index in [1.54, 1.807) is 17.8 Å². The van der Waals surface area contributed by atoms with Crippen LogP contribution >= 0.6 is 11.8 Å². The van der Waals surface area contributed by atoms with Gasteiger partial charge in [0.15, 0.2) is 0 Å². The molecule has 0 radical (unpaired) electrons. The zero-order valence-electron chi connectivity index (χ0n) is 12.2. The molecule has 3 nitrogen and oxygen atoms in total. The number of hydrogen-bond acceptors (Lipinski definition) is 4. The Hall–Kier alpha value is -1.65. The van der Waals surface area contributed by atoms with Crippen molar-refractivity contribution in [2.45, 2.75) is 18.8 Å². The SMILES string of the molecule is Cc1cccc(CSCC(O)COc2ccccc2N)c1. The van der Waals surface area contributed by atoms with E-state index >= 15 is 0 Å². The molecule has 4 heteroatoms. The Balaban J connectivity index is 1.70. The van der Waals surface area contributed by atoms with Crippen LogP contribution in [0.25, 0.3) is 0 Å². The van der Waals surface area contributed by atoms with E-state index in [0.29, 0.717) is 17.2 Å². The molecule has 21 heavy (non-hydrogen) atoms. The van der Waals surface area contributed by atoms with Gasteiger partial charge in [-0.15, -0.1) is 0 Å². The Bertz CT molecular complexity index is 574. The molecule has 0 heterocycles. The van der Waals surface area contributed by atoms with E-state index < -0.39 is 6.10 Å². The van der Waals surface area contributed by atoms with Gasteiger partial charge in [-0.25, -0.2) is 0 Å². The van der Waals surface area contributed by atoms with E-state index in [9.17, 15) is 5.11 Å². The third-order valence-electron chi connectivity index (χ3n) is 3.01. The molecule has 1 unspecified atom stereocenters. The average Bonchev–Trinajstić information content (AvgIpc) is 2.46. The first-order chi connectivity index (χ1) is 10.1. The minimum atomic E-state index is -0.501. The molecule has 0 aliphatic heterocycles. The lowest BCUT2D eigenvalue weighted by Crippen LogP contribution is -2.20. The molecule has 0 aliphatic carbocycles. The molecule has 2 aromatic rings. The molecule has 0 fully saturated rings. The Morgan fingerprint density at radius 1 is 1.19 bits per heavy atom. The van der Waals surface area contributed by atoms with Crippen molar-refractivity contribution < 1.29 is 9.84 Å². The highest BCUT2D eigenvalue weighted by Crippen LogP contribution is 2.20. The molecule has 0 aliphatic rings. The van der Waals surface area contributed by atoms with Crippen LogP contribution in [-0.4, -0.2) is 23.6 Å². The molecule has 0 saturated heterocycles. The van der Waals surface area contributed by atoms with Crippen LogP contribution < -0.4 is 10.5 Å². The van der Waals surface area contributed by atoms with Crippen molar-refractivity contribution in [1.29, 1.82) is 0 Å². The quantitative estimate of drug-likeness (QED) is 0.771. The van der Waals surface area contributed by atoms with Crippen molar-refractivity contribution in [2.24, 2.45) is 0 Å². The smallest absolute Gasteiger partial charge is 0.142 e. The van der Waals surface area contributed by atoms with Crippen molar-refractivity contribution in [3.63, 3.8) is 0 Å². The molecule has 2 rings (SSSR count). The van der Waals surface area contributed by atoms with Gasteiger partial charge in [-0.2, -0.15) is 11.8 Å². The van der Waals surface area contributed by atoms with Crippen molar-refractivity contribution in [2.75, 3.05) is 18.1 Å². The largest absolute Gasteiger partial charge is 0.489 e. The maximum atomic E-state index is 9.95. The number of aryl methyl sites for hydroxylation is 1. The zero-order chi connectivity index (χ0) is 15.1. The van der Waals surface area contributed by atoms with Crippen LogP contribution in [0.3, 0.4) is 0 Å². The van der Waals surface area contributed by atoms with Gasteiger partial charge < -0.3 is 15.6 Å². The van der Waals surface area contributed by atoms with Gasteiger partial charge in [0.25, 0.3) is 0 Å². The van der Waals surface area contributed by atoms with Gasteiger partial charge in [0, 0.05) is 11.5 Å². The summed E-state index contributed by atoms with van der Waals surface area (Å²) >= 11 is 1.70. The lowest BCUT2D eigenvalue weighted by molar-refractivity contribution is 0.127. The van der Waals surface area contributed by atoms with Crippen LogP contribution in [-0.2, 0) is 5.75 Å². The number of benzene rings is 2. The maximum absolute atomic E-state index is 9.95. The monoisotopic (exact) mass is 303 g/mol. The molecule has 3 N–H and O–H groups in total. The van der Waals surface area contributed by atoms with E-state index in [1.165, 1.54) is 11.1 Å². The van der Waals surface area contributed by atoms with E-state index in [-0.39, 0.29) is 6.61 Å². The molecular weight excluding hydrogens is 282 g/mol. The number of anilines is 1. The van der Waals surface area contributed by atoms with Crippen LogP contribution in [0.1, 0.15) is 11.1 Å². The van der Waals surface area contributed by atoms with Crippen molar-refractivity contribution in [1.82, 2.24) is 0 Å². The minimum Gasteiger partial charge on any atom is -0.489 e. The zero-order valence-corrected chi connectivity index (χ0v) is 13.0. The van der Waals surface area contributed by atoms with Gasteiger partial charge >= 0.3 is 0 Å². The topological polar surface area (TPSA) is 55.5 Å². The van der Waals surface area contributed by atoms with Gasteiger partial charge in [0.2, 0.25) is 0 Å². The molecule has 0 spiro atoms. The van der Waals surface area contributed by atoms with Crippen LogP contribution in [0.4, 0.5) is 5.69 Å². The predicted molar refractivity (Wildman–Crippen MR) is 89.7 cm³/mol. The highest BCUT2D eigenvalue weighted by molar-refractivity contribution is 7.98. The summed E-state index contributed by atoms with van der Waals surface area (Å²) < 4.78 is 5.53. The third-order valence-corrected chi connectivity index (χ3v) is 4.17. The molecule has 1 atom stereocenters. The highest BCUT2D eigenvalue weighted by Gasteiger charge is 2.07. The number of rotatable bonds is 7. The van der Waals surface area contributed by atoms with Crippen molar-refractivity contribution in [3.8, 4) is 5.75 Å². The van der Waals surface area contributed by atoms with Crippen LogP contribution in [0.5, 0.6) is 5.75 Å². The molecule has 2 aromatic carbocycles. The second-order valence-corrected chi connectivity index (χ2v) is 6.04. The molecule has 0 saturated carbocycles. The van der Waals surface area contributed by atoms with E-state index in [2.05, 4.69) is 31.2 Å². The molecule has 0 amide bonds. The first-order valence-electron chi connectivity index (χ1n) is 6.94. The first-order valence-corrected chi connectivity index (χ1v) is 8.09. The summed E-state index contributed by atoms with van der Waals surface area (Å²) in [4.78, 5) is 0. The van der Waals surface area contributed by atoms with Crippen LogP contribution in [0, 0.1) is 6.92 Å². The minimum absolute atomic E-state index is 0.259. The molecule has 0 bridgehead atoms.